The van der Waals surface area contributed by atoms with E-state index in [-0.39, 0.29) is 17.5 Å². The highest BCUT2D eigenvalue weighted by Gasteiger charge is 2.16. The van der Waals surface area contributed by atoms with Crippen LogP contribution in [-0.2, 0) is 26.0 Å². The first kappa shape index (κ1) is 20.6. The van der Waals surface area contributed by atoms with E-state index in [0.29, 0.717) is 25.7 Å². The molecule has 1 unspecified atom stereocenters. The standard InChI is InChI=1S/C17H28N4O4S/c1-18-17(20-13-15-6-4-9-25-15)19-12-14-5-3-7-16(11-14)26(22,23)21-8-10-24-2/h3,5,7,11,15,21H,4,6,8-10,12-13H2,1-2H3,(H2,18,19,20). The van der Waals surface area contributed by atoms with Crippen LogP contribution in [0.25, 0.3) is 0 Å². The average molecular weight is 385 g/mol. The minimum Gasteiger partial charge on any atom is -0.383 e. The molecule has 1 aliphatic rings. The maximum atomic E-state index is 12.3. The molecule has 1 heterocycles. The van der Waals surface area contributed by atoms with Crippen LogP contribution < -0.4 is 15.4 Å². The van der Waals surface area contributed by atoms with Gasteiger partial charge in [0, 0.05) is 40.4 Å². The van der Waals surface area contributed by atoms with Crippen LogP contribution in [0.3, 0.4) is 0 Å². The van der Waals surface area contributed by atoms with Crippen LogP contribution in [0.4, 0.5) is 0 Å². The van der Waals surface area contributed by atoms with Crippen molar-refractivity contribution in [3.63, 3.8) is 0 Å². The molecule has 0 aromatic heterocycles. The lowest BCUT2D eigenvalue weighted by Gasteiger charge is -2.15. The van der Waals surface area contributed by atoms with Crippen LogP contribution in [0.2, 0.25) is 0 Å². The zero-order valence-electron chi connectivity index (χ0n) is 15.3. The summed E-state index contributed by atoms with van der Waals surface area (Å²) in [6, 6.07) is 6.82. The Morgan fingerprint density at radius 1 is 1.38 bits per heavy atom. The lowest BCUT2D eigenvalue weighted by atomic mass is 10.2. The van der Waals surface area contributed by atoms with Gasteiger partial charge < -0.3 is 20.1 Å². The van der Waals surface area contributed by atoms with Gasteiger partial charge in [-0.05, 0) is 30.5 Å². The minimum atomic E-state index is -3.54. The smallest absolute Gasteiger partial charge is 0.240 e. The molecule has 0 bridgehead atoms. The molecule has 1 saturated heterocycles. The molecule has 0 amide bonds. The number of hydrogen-bond acceptors (Lipinski definition) is 5. The molecule has 1 aliphatic heterocycles. The van der Waals surface area contributed by atoms with Crippen molar-refractivity contribution in [2.45, 2.75) is 30.4 Å². The molecule has 146 valence electrons. The predicted octanol–water partition coefficient (Wildman–Crippen LogP) is 0.455. The van der Waals surface area contributed by atoms with Gasteiger partial charge >= 0.3 is 0 Å². The van der Waals surface area contributed by atoms with Gasteiger partial charge in [-0.3, -0.25) is 4.99 Å². The number of aliphatic imine (C=N–C) groups is 1. The topological polar surface area (TPSA) is 101 Å². The molecular weight excluding hydrogens is 356 g/mol. The van der Waals surface area contributed by atoms with Crippen LogP contribution in [0.1, 0.15) is 18.4 Å². The van der Waals surface area contributed by atoms with Crippen molar-refractivity contribution in [1.29, 1.82) is 0 Å². The second-order valence-electron chi connectivity index (χ2n) is 5.98. The van der Waals surface area contributed by atoms with E-state index < -0.39 is 10.0 Å². The second-order valence-corrected chi connectivity index (χ2v) is 7.75. The summed E-state index contributed by atoms with van der Waals surface area (Å²) in [4.78, 5) is 4.41. The highest BCUT2D eigenvalue weighted by atomic mass is 32.2. The van der Waals surface area contributed by atoms with Gasteiger partial charge in [0.05, 0.1) is 17.6 Å². The Hall–Kier alpha value is -1.68. The first-order chi connectivity index (χ1) is 12.5. The Morgan fingerprint density at radius 2 is 2.23 bits per heavy atom. The number of benzene rings is 1. The minimum absolute atomic E-state index is 0.222. The van der Waals surface area contributed by atoms with Gasteiger partial charge in [-0.1, -0.05) is 12.1 Å². The number of sulfonamides is 1. The summed E-state index contributed by atoms with van der Waals surface area (Å²) in [5.74, 6) is 0.659. The quantitative estimate of drug-likeness (QED) is 0.325. The van der Waals surface area contributed by atoms with Crippen LogP contribution in [0.15, 0.2) is 34.2 Å². The summed E-state index contributed by atoms with van der Waals surface area (Å²) >= 11 is 0. The third-order valence-electron chi connectivity index (χ3n) is 4.01. The average Bonchev–Trinajstić information content (AvgIpc) is 3.16. The Balaban J connectivity index is 1.88. The molecule has 0 aliphatic carbocycles. The molecule has 1 fully saturated rings. The summed E-state index contributed by atoms with van der Waals surface area (Å²) in [6.07, 6.45) is 2.37. The fraction of sp³-hybridized carbons (Fsp3) is 0.588. The van der Waals surface area contributed by atoms with Crippen molar-refractivity contribution >= 4 is 16.0 Å². The van der Waals surface area contributed by atoms with E-state index >= 15 is 0 Å². The van der Waals surface area contributed by atoms with Crippen molar-refractivity contribution in [1.82, 2.24) is 15.4 Å². The number of rotatable bonds is 9. The predicted molar refractivity (Wildman–Crippen MR) is 101 cm³/mol. The summed E-state index contributed by atoms with van der Waals surface area (Å²) in [5, 5.41) is 6.42. The fourth-order valence-electron chi connectivity index (χ4n) is 2.61. The van der Waals surface area contributed by atoms with E-state index in [1.54, 1.807) is 25.2 Å². The van der Waals surface area contributed by atoms with Crippen molar-refractivity contribution in [2.24, 2.45) is 4.99 Å². The molecule has 1 aromatic carbocycles. The number of nitrogens with one attached hydrogen (secondary N) is 3. The van der Waals surface area contributed by atoms with Gasteiger partial charge in [0.25, 0.3) is 0 Å². The summed E-state index contributed by atoms with van der Waals surface area (Å²) < 4.78 is 37.5. The second kappa shape index (κ2) is 10.5. The van der Waals surface area contributed by atoms with Crippen molar-refractivity contribution < 1.29 is 17.9 Å². The molecule has 1 atom stereocenters. The Kier molecular flexibility index (Phi) is 8.30. The largest absolute Gasteiger partial charge is 0.383 e. The molecule has 8 nitrogen and oxygen atoms in total. The lowest BCUT2D eigenvalue weighted by Crippen LogP contribution is -2.40. The normalized spacial score (nSPS) is 18.1. The van der Waals surface area contributed by atoms with E-state index in [4.69, 9.17) is 9.47 Å². The lowest BCUT2D eigenvalue weighted by molar-refractivity contribution is 0.114. The van der Waals surface area contributed by atoms with E-state index in [9.17, 15) is 8.42 Å². The van der Waals surface area contributed by atoms with Crippen LogP contribution >= 0.6 is 0 Å². The number of ether oxygens (including phenoxy) is 2. The van der Waals surface area contributed by atoms with Gasteiger partial charge in [-0.25, -0.2) is 13.1 Å². The van der Waals surface area contributed by atoms with E-state index in [0.717, 1.165) is 25.0 Å². The van der Waals surface area contributed by atoms with Crippen molar-refractivity contribution in [2.75, 3.05) is 40.5 Å². The monoisotopic (exact) mass is 384 g/mol. The van der Waals surface area contributed by atoms with Crippen LogP contribution in [-0.4, -0.2) is 60.9 Å². The molecule has 0 radical (unpaired) electrons. The van der Waals surface area contributed by atoms with Gasteiger partial charge in [0.1, 0.15) is 0 Å². The summed E-state index contributed by atoms with van der Waals surface area (Å²) in [6.45, 7) is 2.55. The molecule has 2 rings (SSSR count). The Labute approximate surface area is 155 Å². The first-order valence-electron chi connectivity index (χ1n) is 8.69. The van der Waals surface area contributed by atoms with Gasteiger partial charge in [-0.2, -0.15) is 0 Å². The van der Waals surface area contributed by atoms with Crippen molar-refractivity contribution in [3.05, 3.63) is 29.8 Å². The summed E-state index contributed by atoms with van der Waals surface area (Å²) in [7, 11) is -0.313. The Morgan fingerprint density at radius 3 is 2.92 bits per heavy atom. The third kappa shape index (κ3) is 6.56. The first-order valence-corrected chi connectivity index (χ1v) is 10.2. The van der Waals surface area contributed by atoms with E-state index in [2.05, 4.69) is 20.3 Å². The highest BCUT2D eigenvalue weighted by molar-refractivity contribution is 7.89. The zero-order valence-corrected chi connectivity index (χ0v) is 16.1. The maximum absolute atomic E-state index is 12.3. The number of hydrogen-bond donors (Lipinski definition) is 3. The molecule has 0 spiro atoms. The highest BCUT2D eigenvalue weighted by Crippen LogP contribution is 2.12. The van der Waals surface area contributed by atoms with E-state index in [1.165, 1.54) is 7.11 Å². The molecular formula is C17H28N4O4S. The van der Waals surface area contributed by atoms with Crippen LogP contribution in [0, 0.1) is 0 Å². The van der Waals surface area contributed by atoms with Gasteiger partial charge in [-0.15, -0.1) is 0 Å². The maximum Gasteiger partial charge on any atom is 0.240 e. The van der Waals surface area contributed by atoms with Crippen LogP contribution in [0.5, 0.6) is 0 Å². The molecule has 9 heteroatoms. The molecule has 1 aromatic rings. The third-order valence-corrected chi connectivity index (χ3v) is 5.47. The molecule has 26 heavy (non-hydrogen) atoms. The van der Waals surface area contributed by atoms with Crippen molar-refractivity contribution in [3.8, 4) is 0 Å². The Bertz CT molecular complexity index is 688. The van der Waals surface area contributed by atoms with Gasteiger partial charge in [0.15, 0.2) is 5.96 Å². The molecule has 3 N–H and O–H groups in total. The fourth-order valence-corrected chi connectivity index (χ4v) is 3.69. The summed E-state index contributed by atoms with van der Waals surface area (Å²) in [5.41, 5.74) is 0.847. The number of nitrogens with zero attached hydrogens (tertiary/aromatic N) is 1. The number of guanidine groups is 1. The zero-order chi connectivity index (χ0) is 18.8. The SMILES string of the molecule is CN=C(NCc1cccc(S(=O)(=O)NCCOC)c1)NCC1CCCO1. The molecule has 0 saturated carbocycles. The van der Waals surface area contributed by atoms with Gasteiger partial charge in [0.2, 0.25) is 10.0 Å². The van der Waals surface area contributed by atoms with E-state index in [1.807, 2.05) is 6.07 Å². The number of methoxy groups -OCH3 is 1.